The Morgan fingerprint density at radius 3 is 2.79 bits per heavy atom. The van der Waals surface area contributed by atoms with Gasteiger partial charge in [0.25, 0.3) is 5.91 Å². The van der Waals surface area contributed by atoms with Crippen LogP contribution in [0.25, 0.3) is 0 Å². The number of hydrogen-bond donors (Lipinski definition) is 1. The lowest BCUT2D eigenvalue weighted by atomic mass is 9.95. The molecule has 4 aromatic rings. The van der Waals surface area contributed by atoms with E-state index >= 15 is 0 Å². The first-order valence-electron chi connectivity index (χ1n) is 11.8. The van der Waals surface area contributed by atoms with E-state index in [9.17, 15) is 14.7 Å². The number of Topliss-reactive ketones (excluding diaryl/α,β-unsaturated/α-hetero) is 1. The van der Waals surface area contributed by atoms with E-state index < -0.39 is 23.5 Å². The van der Waals surface area contributed by atoms with E-state index in [0.717, 1.165) is 5.56 Å². The third-order valence-electron chi connectivity index (χ3n) is 5.87. The Labute approximate surface area is 237 Å². The van der Waals surface area contributed by atoms with Gasteiger partial charge in [0.15, 0.2) is 15.9 Å². The molecule has 0 saturated heterocycles. The second-order valence-corrected chi connectivity index (χ2v) is 11.1. The zero-order valence-electron chi connectivity index (χ0n) is 20.7. The third kappa shape index (κ3) is 5.49. The summed E-state index contributed by atoms with van der Waals surface area (Å²) in [4.78, 5) is 28.3. The van der Waals surface area contributed by atoms with Crippen LogP contribution in [0.2, 0.25) is 5.02 Å². The molecule has 0 aliphatic carbocycles. The largest absolute Gasteiger partial charge is 0.503 e. The topological polar surface area (TPSA) is 106 Å². The SMILES string of the molecule is C=CCOc1cccc(C2C(C(=O)c3ccc(C)o3)=C(O)C(=O)N2c2nnc(SCc3ccccc3Cl)s2)c1. The van der Waals surface area contributed by atoms with E-state index in [0.29, 0.717) is 32.2 Å². The number of rotatable bonds is 10. The van der Waals surface area contributed by atoms with Gasteiger partial charge in [0.2, 0.25) is 10.9 Å². The number of hydrogen-bond acceptors (Lipinski definition) is 9. The average molecular weight is 580 g/mol. The van der Waals surface area contributed by atoms with Crippen LogP contribution in [0.3, 0.4) is 0 Å². The van der Waals surface area contributed by atoms with Crippen LogP contribution in [0.4, 0.5) is 5.13 Å². The number of aliphatic hydroxyl groups is 1. The Bertz CT molecular complexity index is 1600. The summed E-state index contributed by atoms with van der Waals surface area (Å²) in [5.41, 5.74) is 1.37. The number of ketones is 1. The number of aliphatic hydroxyl groups excluding tert-OH is 1. The van der Waals surface area contributed by atoms with E-state index in [1.807, 2.05) is 24.3 Å². The van der Waals surface area contributed by atoms with Crippen molar-refractivity contribution in [3.05, 3.63) is 112 Å². The lowest BCUT2D eigenvalue weighted by molar-refractivity contribution is -0.117. The second-order valence-electron chi connectivity index (χ2n) is 8.48. The Morgan fingerprint density at radius 1 is 1.23 bits per heavy atom. The first-order valence-corrected chi connectivity index (χ1v) is 14.0. The molecule has 1 atom stereocenters. The molecule has 2 aromatic heterocycles. The van der Waals surface area contributed by atoms with E-state index in [-0.39, 0.29) is 23.1 Å². The molecule has 1 aliphatic heterocycles. The minimum Gasteiger partial charge on any atom is -0.503 e. The number of carbonyl (C=O) groups is 2. The number of amides is 1. The van der Waals surface area contributed by atoms with Crippen LogP contribution in [0.5, 0.6) is 5.75 Å². The summed E-state index contributed by atoms with van der Waals surface area (Å²) >= 11 is 8.87. The molecule has 1 N–H and O–H groups in total. The molecule has 39 heavy (non-hydrogen) atoms. The van der Waals surface area contributed by atoms with Crippen molar-refractivity contribution < 1.29 is 23.8 Å². The van der Waals surface area contributed by atoms with Crippen LogP contribution in [-0.4, -0.2) is 33.6 Å². The van der Waals surface area contributed by atoms with Crippen LogP contribution in [0, 0.1) is 6.92 Å². The van der Waals surface area contributed by atoms with Gasteiger partial charge in [0.1, 0.15) is 18.1 Å². The number of halogens is 1. The molecule has 198 valence electrons. The molecule has 5 rings (SSSR count). The molecule has 8 nitrogen and oxygen atoms in total. The van der Waals surface area contributed by atoms with Gasteiger partial charge in [-0.3, -0.25) is 14.5 Å². The van der Waals surface area contributed by atoms with Crippen molar-refractivity contribution in [2.45, 2.75) is 23.1 Å². The van der Waals surface area contributed by atoms with E-state index in [4.69, 9.17) is 20.8 Å². The highest BCUT2D eigenvalue weighted by atomic mass is 35.5. The molecule has 1 aliphatic rings. The molecule has 0 spiro atoms. The Hall–Kier alpha value is -3.86. The van der Waals surface area contributed by atoms with Gasteiger partial charge in [-0.25, -0.2) is 0 Å². The predicted octanol–water partition coefficient (Wildman–Crippen LogP) is 6.73. The highest BCUT2D eigenvalue weighted by molar-refractivity contribution is 8.00. The van der Waals surface area contributed by atoms with Crippen molar-refractivity contribution in [2.75, 3.05) is 11.5 Å². The smallest absolute Gasteiger partial charge is 0.296 e. The van der Waals surface area contributed by atoms with Crippen molar-refractivity contribution in [3.8, 4) is 5.75 Å². The number of ether oxygens (including phenoxy) is 1. The van der Waals surface area contributed by atoms with Gasteiger partial charge in [0.05, 0.1) is 11.6 Å². The normalized spacial score (nSPS) is 15.2. The fourth-order valence-corrected chi connectivity index (χ4v) is 6.24. The molecule has 0 fully saturated rings. The van der Waals surface area contributed by atoms with Crippen molar-refractivity contribution >= 4 is 51.5 Å². The summed E-state index contributed by atoms with van der Waals surface area (Å²) in [6.45, 7) is 5.64. The van der Waals surface area contributed by atoms with E-state index in [1.165, 1.54) is 34.1 Å². The van der Waals surface area contributed by atoms with Gasteiger partial charge < -0.3 is 14.3 Å². The molecule has 0 saturated carbocycles. The maximum Gasteiger partial charge on any atom is 0.296 e. The molecular formula is C28H22ClN3O5S2. The van der Waals surface area contributed by atoms with Crippen LogP contribution < -0.4 is 9.64 Å². The number of carbonyl (C=O) groups excluding carboxylic acids is 2. The summed E-state index contributed by atoms with van der Waals surface area (Å²) in [6, 6.07) is 16.6. The van der Waals surface area contributed by atoms with Crippen LogP contribution in [0.1, 0.15) is 33.5 Å². The summed E-state index contributed by atoms with van der Waals surface area (Å²) in [5.74, 6) is -0.419. The maximum atomic E-state index is 13.5. The lowest BCUT2D eigenvalue weighted by Gasteiger charge is -2.24. The molecule has 3 heterocycles. The van der Waals surface area contributed by atoms with Crippen molar-refractivity contribution in [2.24, 2.45) is 0 Å². The van der Waals surface area contributed by atoms with Crippen LogP contribution in [0.15, 0.2) is 93.4 Å². The molecule has 1 unspecified atom stereocenters. The highest BCUT2D eigenvalue weighted by Crippen LogP contribution is 2.44. The van der Waals surface area contributed by atoms with Crippen molar-refractivity contribution in [1.29, 1.82) is 0 Å². The maximum absolute atomic E-state index is 13.5. The zero-order valence-corrected chi connectivity index (χ0v) is 23.1. The predicted molar refractivity (Wildman–Crippen MR) is 151 cm³/mol. The lowest BCUT2D eigenvalue weighted by Crippen LogP contribution is -2.31. The summed E-state index contributed by atoms with van der Waals surface area (Å²) in [6.07, 6.45) is 1.61. The number of nitrogens with zero attached hydrogens (tertiary/aromatic N) is 3. The van der Waals surface area contributed by atoms with Crippen molar-refractivity contribution in [1.82, 2.24) is 10.2 Å². The molecule has 1 amide bonds. The van der Waals surface area contributed by atoms with Gasteiger partial charge in [0, 0.05) is 10.8 Å². The highest BCUT2D eigenvalue weighted by Gasteiger charge is 2.46. The number of benzene rings is 2. The van der Waals surface area contributed by atoms with Gasteiger partial charge in [-0.15, -0.1) is 10.2 Å². The number of anilines is 1. The number of aromatic nitrogens is 2. The van der Waals surface area contributed by atoms with Crippen LogP contribution >= 0.6 is 34.7 Å². The minimum absolute atomic E-state index is 0.0148. The number of aryl methyl sites for hydroxylation is 1. The molecule has 0 radical (unpaired) electrons. The first kappa shape index (κ1) is 26.7. The molecule has 11 heteroatoms. The monoisotopic (exact) mass is 579 g/mol. The van der Waals surface area contributed by atoms with E-state index in [1.54, 1.807) is 43.3 Å². The quantitative estimate of drug-likeness (QED) is 0.0953. The fraction of sp³-hybridized carbons (Fsp3) is 0.143. The Kier molecular flexibility index (Phi) is 7.87. The number of furan rings is 1. The number of thioether (sulfide) groups is 1. The molecule has 0 bridgehead atoms. The fourth-order valence-electron chi connectivity index (χ4n) is 4.08. The Balaban J connectivity index is 1.51. The first-order chi connectivity index (χ1) is 18.9. The van der Waals surface area contributed by atoms with Gasteiger partial charge >= 0.3 is 0 Å². The third-order valence-corrected chi connectivity index (χ3v) is 8.34. The minimum atomic E-state index is -0.989. The zero-order chi connectivity index (χ0) is 27.5. The summed E-state index contributed by atoms with van der Waals surface area (Å²) in [7, 11) is 0. The van der Waals surface area contributed by atoms with Gasteiger partial charge in [-0.1, -0.05) is 77.7 Å². The van der Waals surface area contributed by atoms with Gasteiger partial charge in [-0.2, -0.15) is 0 Å². The molecule has 2 aromatic carbocycles. The van der Waals surface area contributed by atoms with Crippen molar-refractivity contribution in [3.63, 3.8) is 0 Å². The summed E-state index contributed by atoms with van der Waals surface area (Å²) < 4.78 is 11.8. The summed E-state index contributed by atoms with van der Waals surface area (Å²) in [5, 5.41) is 20.3. The Morgan fingerprint density at radius 2 is 2.05 bits per heavy atom. The van der Waals surface area contributed by atoms with E-state index in [2.05, 4.69) is 16.8 Å². The average Bonchev–Trinajstić information content (AvgIpc) is 3.65. The second kappa shape index (κ2) is 11.5. The standard InChI is InChI=1S/C28H22ClN3O5S2/c1-3-13-36-19-9-6-8-17(14-19)23-22(24(33)21-12-11-16(2)37-21)25(34)26(35)32(23)27-30-31-28(39-27)38-15-18-7-4-5-10-20(18)29/h3-12,14,23,34H,1,13,15H2,2H3. The van der Waals surface area contributed by atoms with Gasteiger partial charge in [-0.05, 0) is 48.4 Å². The van der Waals surface area contributed by atoms with Crippen LogP contribution in [-0.2, 0) is 10.5 Å². The molecular weight excluding hydrogens is 558 g/mol.